The van der Waals surface area contributed by atoms with Crippen LogP contribution in [0.3, 0.4) is 0 Å². The highest BCUT2D eigenvalue weighted by Crippen LogP contribution is 1.95. The van der Waals surface area contributed by atoms with Gasteiger partial charge in [0, 0.05) is 6.61 Å². The molecular weight excluding hydrogens is 135 g/mol. The van der Waals surface area contributed by atoms with Crippen LogP contribution < -0.4 is 0 Å². The predicted octanol–water partition coefficient (Wildman–Crippen LogP) is 1.81. The lowest BCUT2D eigenvalue weighted by Crippen LogP contribution is -1.63. The first kappa shape index (κ1) is 10.5. The van der Waals surface area contributed by atoms with E-state index in [9.17, 15) is 0 Å². The Balaban J connectivity index is 0. The molecule has 0 aliphatic rings. The van der Waals surface area contributed by atoms with Gasteiger partial charge in [-0.1, -0.05) is 0 Å². The SMILES string of the molecule is CC(Cl)Cl.CCO. The minimum Gasteiger partial charge on any atom is -0.397 e. The lowest BCUT2D eigenvalue weighted by molar-refractivity contribution is 0.318. The zero-order valence-electron chi connectivity index (χ0n) is 4.49. The van der Waals surface area contributed by atoms with Gasteiger partial charge in [0.05, 0.1) is 0 Å². The Kier molecular flexibility index (Phi) is 14.6. The standard InChI is InChI=1S/C2H4Cl2.C2H6O/c1-2(3)4;1-2-3/h2H,1H3;3H,2H2,1H3. The number of hydrogen-bond donors (Lipinski definition) is 1. The maximum atomic E-state index is 7.57. The topological polar surface area (TPSA) is 20.2 Å². The van der Waals surface area contributed by atoms with Gasteiger partial charge in [0.1, 0.15) is 4.84 Å². The molecule has 0 aromatic heterocycles. The molecule has 0 heterocycles. The van der Waals surface area contributed by atoms with E-state index >= 15 is 0 Å². The first-order chi connectivity index (χ1) is 3.15. The molecule has 0 amide bonds. The molecule has 0 aliphatic heterocycles. The Labute approximate surface area is 54.2 Å². The van der Waals surface area contributed by atoms with E-state index in [1.165, 1.54) is 0 Å². The number of hydrogen-bond acceptors (Lipinski definition) is 1. The summed E-state index contributed by atoms with van der Waals surface area (Å²) in [5.41, 5.74) is 0. The third-order valence-corrected chi connectivity index (χ3v) is 0. The molecule has 0 aliphatic carbocycles. The molecule has 0 atom stereocenters. The second kappa shape index (κ2) is 9.74. The van der Waals surface area contributed by atoms with Gasteiger partial charge < -0.3 is 5.11 Å². The van der Waals surface area contributed by atoms with Crippen LogP contribution in [-0.2, 0) is 0 Å². The summed E-state index contributed by atoms with van der Waals surface area (Å²) in [6.45, 7) is 3.63. The van der Waals surface area contributed by atoms with E-state index in [0.29, 0.717) is 0 Å². The van der Waals surface area contributed by atoms with Gasteiger partial charge in [-0.25, -0.2) is 0 Å². The molecule has 0 aromatic rings. The van der Waals surface area contributed by atoms with Crippen LogP contribution in [0.5, 0.6) is 0 Å². The van der Waals surface area contributed by atoms with Crippen LogP contribution in [0.1, 0.15) is 13.8 Å². The Morgan fingerprint density at radius 1 is 1.57 bits per heavy atom. The molecule has 0 saturated heterocycles. The normalized spacial score (nSPS) is 7.71. The van der Waals surface area contributed by atoms with E-state index in [1.807, 2.05) is 0 Å². The third kappa shape index (κ3) is 462. The molecule has 0 unspecified atom stereocenters. The van der Waals surface area contributed by atoms with Crippen LogP contribution in [0.4, 0.5) is 0 Å². The number of aliphatic hydroxyl groups is 1. The minimum atomic E-state index is -0.222. The largest absolute Gasteiger partial charge is 0.397 e. The van der Waals surface area contributed by atoms with Crippen molar-refractivity contribution < 1.29 is 5.11 Å². The highest BCUT2D eigenvalue weighted by atomic mass is 35.5. The molecule has 0 fully saturated rings. The summed E-state index contributed by atoms with van der Waals surface area (Å²) in [4.78, 5) is -0.222. The molecule has 0 spiro atoms. The van der Waals surface area contributed by atoms with Gasteiger partial charge in [-0.15, -0.1) is 23.2 Å². The second-order valence-electron chi connectivity index (χ2n) is 0.835. The Morgan fingerprint density at radius 2 is 1.57 bits per heavy atom. The summed E-state index contributed by atoms with van der Waals surface area (Å²) >= 11 is 10.1. The van der Waals surface area contributed by atoms with Crippen molar-refractivity contribution in [1.29, 1.82) is 0 Å². The van der Waals surface area contributed by atoms with Crippen molar-refractivity contribution >= 4 is 23.2 Å². The number of rotatable bonds is 0. The van der Waals surface area contributed by atoms with Crippen molar-refractivity contribution in [3.63, 3.8) is 0 Å². The second-order valence-corrected chi connectivity index (χ2v) is 2.37. The Bertz CT molecular complexity index is 20.9. The number of aliphatic hydroxyl groups excluding tert-OH is 1. The molecule has 3 heteroatoms. The number of halogens is 2. The monoisotopic (exact) mass is 144 g/mol. The van der Waals surface area contributed by atoms with Gasteiger partial charge >= 0.3 is 0 Å². The van der Waals surface area contributed by atoms with Crippen molar-refractivity contribution in [3.05, 3.63) is 0 Å². The predicted molar refractivity (Wildman–Crippen MR) is 33.9 cm³/mol. The first-order valence-electron chi connectivity index (χ1n) is 2.04. The lowest BCUT2D eigenvalue weighted by atomic mass is 10.9. The maximum absolute atomic E-state index is 7.57. The maximum Gasteiger partial charge on any atom is 0.105 e. The lowest BCUT2D eigenvalue weighted by Gasteiger charge is -1.72. The zero-order chi connectivity index (χ0) is 6.28. The Morgan fingerprint density at radius 3 is 1.57 bits per heavy atom. The van der Waals surface area contributed by atoms with Gasteiger partial charge in [0.2, 0.25) is 0 Å². The van der Waals surface area contributed by atoms with Gasteiger partial charge in [0.15, 0.2) is 0 Å². The molecule has 46 valence electrons. The van der Waals surface area contributed by atoms with Crippen LogP contribution in [0, 0.1) is 0 Å². The van der Waals surface area contributed by atoms with Crippen molar-refractivity contribution in [2.45, 2.75) is 18.7 Å². The molecule has 0 rings (SSSR count). The van der Waals surface area contributed by atoms with Gasteiger partial charge in [-0.05, 0) is 13.8 Å². The minimum absolute atomic E-state index is 0.222. The van der Waals surface area contributed by atoms with Crippen molar-refractivity contribution in [2.24, 2.45) is 0 Å². The van der Waals surface area contributed by atoms with E-state index in [-0.39, 0.29) is 11.4 Å². The van der Waals surface area contributed by atoms with Gasteiger partial charge in [-0.3, -0.25) is 0 Å². The van der Waals surface area contributed by atoms with E-state index in [0.717, 1.165) is 0 Å². The average molecular weight is 145 g/mol. The van der Waals surface area contributed by atoms with E-state index in [1.54, 1.807) is 13.8 Å². The van der Waals surface area contributed by atoms with E-state index in [4.69, 9.17) is 28.3 Å². The van der Waals surface area contributed by atoms with Gasteiger partial charge in [-0.2, -0.15) is 0 Å². The molecule has 1 nitrogen and oxygen atoms in total. The average Bonchev–Trinajstić information content (AvgIpc) is 1.33. The first-order valence-corrected chi connectivity index (χ1v) is 2.91. The summed E-state index contributed by atoms with van der Waals surface area (Å²) in [6.07, 6.45) is 0. The smallest absolute Gasteiger partial charge is 0.105 e. The fourth-order valence-electron chi connectivity index (χ4n) is 0. The summed E-state index contributed by atoms with van der Waals surface area (Å²) in [5, 5.41) is 7.57. The van der Waals surface area contributed by atoms with Crippen LogP contribution in [0.25, 0.3) is 0 Å². The molecule has 0 bridgehead atoms. The highest BCUT2D eigenvalue weighted by molar-refractivity contribution is 6.43. The fourth-order valence-corrected chi connectivity index (χ4v) is 0. The van der Waals surface area contributed by atoms with E-state index < -0.39 is 0 Å². The van der Waals surface area contributed by atoms with Crippen LogP contribution in [0.2, 0.25) is 0 Å². The summed E-state index contributed by atoms with van der Waals surface area (Å²) in [6, 6.07) is 0. The zero-order valence-corrected chi connectivity index (χ0v) is 6.00. The fraction of sp³-hybridized carbons (Fsp3) is 1.00. The van der Waals surface area contributed by atoms with Crippen LogP contribution >= 0.6 is 23.2 Å². The molecule has 0 radical (unpaired) electrons. The van der Waals surface area contributed by atoms with Crippen molar-refractivity contribution in [1.82, 2.24) is 0 Å². The van der Waals surface area contributed by atoms with E-state index in [2.05, 4.69) is 0 Å². The molecule has 1 N–H and O–H groups in total. The van der Waals surface area contributed by atoms with Crippen LogP contribution in [-0.4, -0.2) is 16.5 Å². The van der Waals surface area contributed by atoms with Crippen LogP contribution in [0.15, 0.2) is 0 Å². The van der Waals surface area contributed by atoms with Crippen molar-refractivity contribution in [2.75, 3.05) is 6.61 Å². The van der Waals surface area contributed by atoms with Gasteiger partial charge in [0.25, 0.3) is 0 Å². The Hall–Kier alpha value is 0.540. The summed E-state index contributed by atoms with van der Waals surface area (Å²) < 4.78 is 0. The van der Waals surface area contributed by atoms with Crippen molar-refractivity contribution in [3.8, 4) is 0 Å². The highest BCUT2D eigenvalue weighted by Gasteiger charge is 1.75. The summed E-state index contributed by atoms with van der Waals surface area (Å²) in [5.74, 6) is 0. The molecule has 0 aromatic carbocycles. The summed E-state index contributed by atoms with van der Waals surface area (Å²) in [7, 11) is 0. The molecular formula is C4H10Cl2O. The molecule has 7 heavy (non-hydrogen) atoms. The quantitative estimate of drug-likeness (QED) is 0.515. The number of alkyl halides is 2. The third-order valence-electron chi connectivity index (χ3n) is 0. The molecule has 0 saturated carbocycles.